The van der Waals surface area contributed by atoms with Crippen LogP contribution in [0.3, 0.4) is 0 Å². The van der Waals surface area contributed by atoms with Crippen molar-refractivity contribution in [2.24, 2.45) is 4.99 Å². The van der Waals surface area contributed by atoms with Crippen molar-refractivity contribution in [1.29, 1.82) is 0 Å². The Kier molecular flexibility index (Phi) is 6.21. The summed E-state index contributed by atoms with van der Waals surface area (Å²) in [7, 11) is 1.63. The quantitative estimate of drug-likeness (QED) is 0.393. The summed E-state index contributed by atoms with van der Waals surface area (Å²) in [6.07, 6.45) is 0.0882. The molecule has 3 aromatic carbocycles. The number of benzene rings is 3. The van der Waals surface area contributed by atoms with E-state index < -0.39 is 6.04 Å². The van der Waals surface area contributed by atoms with E-state index >= 15 is 0 Å². The Balaban J connectivity index is 1.35. The minimum Gasteiger partial charge on any atom is -0.497 e. The molecule has 3 heterocycles. The van der Waals surface area contributed by atoms with Crippen molar-refractivity contribution < 1.29 is 19.0 Å². The van der Waals surface area contributed by atoms with Crippen LogP contribution in [0.1, 0.15) is 40.8 Å². The Morgan fingerprint density at radius 2 is 1.89 bits per heavy atom. The summed E-state index contributed by atoms with van der Waals surface area (Å²) >= 11 is 6.17. The molecule has 0 fully saturated rings. The maximum absolute atomic E-state index is 13.2. The first-order valence-electron chi connectivity index (χ1n) is 12.1. The van der Waals surface area contributed by atoms with E-state index in [1.807, 2.05) is 72.2 Å². The van der Waals surface area contributed by atoms with Crippen molar-refractivity contribution in [3.8, 4) is 22.9 Å². The summed E-state index contributed by atoms with van der Waals surface area (Å²) in [6, 6.07) is 18.3. The molecule has 4 aromatic rings. The van der Waals surface area contributed by atoms with E-state index in [0.29, 0.717) is 46.2 Å². The largest absolute Gasteiger partial charge is 0.497 e. The third kappa shape index (κ3) is 4.45. The number of carbonyl (C=O) groups is 1. The predicted molar refractivity (Wildman–Crippen MR) is 142 cm³/mol. The third-order valence-corrected chi connectivity index (χ3v) is 6.81. The van der Waals surface area contributed by atoms with E-state index in [0.717, 1.165) is 22.4 Å². The Morgan fingerprint density at radius 3 is 2.71 bits per heavy atom. The molecule has 10 heteroatoms. The Morgan fingerprint density at radius 1 is 1.08 bits per heavy atom. The highest BCUT2D eigenvalue weighted by molar-refractivity contribution is 6.30. The molecule has 2 aliphatic rings. The summed E-state index contributed by atoms with van der Waals surface area (Å²) in [6.45, 7) is 2.43. The molecule has 1 amide bonds. The van der Waals surface area contributed by atoms with E-state index in [4.69, 9.17) is 30.8 Å². The minimum atomic E-state index is -0.572. The average Bonchev–Trinajstić information content (AvgIpc) is 3.53. The lowest BCUT2D eigenvalue weighted by molar-refractivity contribution is -0.121. The van der Waals surface area contributed by atoms with Crippen molar-refractivity contribution in [2.75, 3.05) is 13.9 Å². The number of aromatic nitrogens is 3. The van der Waals surface area contributed by atoms with Crippen molar-refractivity contribution >= 4 is 23.2 Å². The highest BCUT2D eigenvalue weighted by Crippen LogP contribution is 2.35. The van der Waals surface area contributed by atoms with Gasteiger partial charge in [-0.2, -0.15) is 0 Å². The van der Waals surface area contributed by atoms with Crippen LogP contribution in [0.2, 0.25) is 5.02 Å². The summed E-state index contributed by atoms with van der Waals surface area (Å²) in [5.41, 5.74) is 4.20. The number of carbonyl (C=O) groups excluding carboxylic acids is 1. The normalized spacial score (nSPS) is 15.2. The van der Waals surface area contributed by atoms with E-state index in [1.54, 1.807) is 7.11 Å². The number of halogens is 1. The fourth-order valence-corrected chi connectivity index (χ4v) is 4.80. The Labute approximate surface area is 224 Å². The fraction of sp³-hybridized carbons (Fsp3) is 0.214. The smallest absolute Gasteiger partial charge is 0.231 e. The molecule has 38 heavy (non-hydrogen) atoms. The second-order valence-corrected chi connectivity index (χ2v) is 9.43. The lowest BCUT2D eigenvalue weighted by Gasteiger charge is -2.14. The van der Waals surface area contributed by atoms with Gasteiger partial charge >= 0.3 is 0 Å². The van der Waals surface area contributed by atoms with Gasteiger partial charge in [-0.25, -0.2) is 0 Å². The van der Waals surface area contributed by atoms with Gasteiger partial charge in [0.05, 0.1) is 24.9 Å². The van der Waals surface area contributed by atoms with Crippen LogP contribution in [-0.4, -0.2) is 40.3 Å². The molecule has 0 spiro atoms. The number of ether oxygens (including phenoxy) is 3. The maximum Gasteiger partial charge on any atom is 0.231 e. The van der Waals surface area contributed by atoms with E-state index in [2.05, 4.69) is 15.5 Å². The second-order valence-electron chi connectivity index (χ2n) is 8.99. The van der Waals surface area contributed by atoms with Gasteiger partial charge in [-0.1, -0.05) is 29.8 Å². The number of nitrogens with one attached hydrogen (secondary N) is 1. The van der Waals surface area contributed by atoms with E-state index in [1.165, 1.54) is 0 Å². The molecular weight excluding hydrogens is 506 g/mol. The lowest BCUT2D eigenvalue weighted by atomic mass is 10.00. The molecule has 9 nitrogen and oxygen atoms in total. The summed E-state index contributed by atoms with van der Waals surface area (Å²) in [4.78, 5) is 18.3. The van der Waals surface area contributed by atoms with Crippen molar-refractivity contribution in [2.45, 2.75) is 25.9 Å². The molecule has 0 saturated carbocycles. The fourth-order valence-electron chi connectivity index (χ4n) is 4.68. The van der Waals surface area contributed by atoms with Crippen LogP contribution >= 0.6 is 11.6 Å². The molecule has 1 atom stereocenters. The van der Waals surface area contributed by atoms with Crippen LogP contribution in [-0.2, 0) is 11.3 Å². The Bertz CT molecular complexity index is 1560. The molecular formula is C28H24ClN5O4. The number of aryl methyl sites for hydroxylation is 1. The van der Waals surface area contributed by atoms with Crippen LogP contribution in [0.4, 0.5) is 0 Å². The number of fused-ring (bicyclic) bond motifs is 4. The highest BCUT2D eigenvalue weighted by atomic mass is 35.5. The average molecular weight is 530 g/mol. The number of rotatable bonds is 6. The van der Waals surface area contributed by atoms with E-state index in [9.17, 15) is 4.79 Å². The lowest BCUT2D eigenvalue weighted by Crippen LogP contribution is -2.25. The first-order valence-corrected chi connectivity index (χ1v) is 12.5. The maximum atomic E-state index is 13.2. The molecule has 0 unspecified atom stereocenters. The second kappa shape index (κ2) is 9.83. The van der Waals surface area contributed by atoms with Crippen LogP contribution in [0.15, 0.2) is 65.7 Å². The summed E-state index contributed by atoms with van der Waals surface area (Å²) in [5, 5.41) is 12.4. The van der Waals surface area contributed by atoms with Crippen LogP contribution in [0, 0.1) is 6.92 Å². The van der Waals surface area contributed by atoms with Crippen LogP contribution < -0.4 is 19.5 Å². The number of aliphatic imine (C=N–C) groups is 1. The zero-order valence-corrected chi connectivity index (χ0v) is 21.5. The van der Waals surface area contributed by atoms with Gasteiger partial charge in [-0.15, -0.1) is 10.2 Å². The summed E-state index contributed by atoms with van der Waals surface area (Å²) in [5.74, 6) is 3.20. The van der Waals surface area contributed by atoms with Crippen molar-refractivity contribution in [3.63, 3.8) is 0 Å². The zero-order chi connectivity index (χ0) is 26.2. The molecule has 6 rings (SSSR count). The molecule has 0 aliphatic carbocycles. The van der Waals surface area contributed by atoms with Crippen LogP contribution in [0.5, 0.6) is 17.2 Å². The van der Waals surface area contributed by atoms with Crippen molar-refractivity contribution in [1.82, 2.24) is 20.1 Å². The monoisotopic (exact) mass is 529 g/mol. The van der Waals surface area contributed by atoms with Gasteiger partial charge in [0.15, 0.2) is 17.3 Å². The molecule has 192 valence electrons. The standard InChI is InChI=1S/C28H24ClN5O4/c1-16-32-33-28-22(13-26(35)30-14-17-3-10-24-25(11-17)38-15-37-24)31-27(18-4-6-19(29)7-5-18)21-12-20(36-2)8-9-23(21)34(16)28/h3-12,22H,13-15H2,1-2H3,(H,30,35)/t22-/m1/s1. The predicted octanol–water partition coefficient (Wildman–Crippen LogP) is 4.57. The number of hydrogen-bond acceptors (Lipinski definition) is 7. The van der Waals surface area contributed by atoms with Gasteiger partial charge in [-0.3, -0.25) is 14.4 Å². The molecule has 0 saturated heterocycles. The molecule has 2 aliphatic heterocycles. The third-order valence-electron chi connectivity index (χ3n) is 6.56. The first kappa shape index (κ1) is 24.0. The van der Waals surface area contributed by atoms with Gasteiger partial charge < -0.3 is 19.5 Å². The topological polar surface area (TPSA) is 99.9 Å². The number of amides is 1. The SMILES string of the molecule is COc1ccc2c(c1)C(c1ccc(Cl)cc1)=N[C@H](CC(=O)NCc1ccc3c(c1)OCO3)c1nnc(C)n1-2. The van der Waals surface area contributed by atoms with Gasteiger partial charge in [0.2, 0.25) is 12.7 Å². The van der Waals surface area contributed by atoms with Gasteiger partial charge in [0.1, 0.15) is 17.6 Å². The zero-order valence-electron chi connectivity index (χ0n) is 20.8. The van der Waals surface area contributed by atoms with Crippen molar-refractivity contribution in [3.05, 3.63) is 94.0 Å². The Hall–Kier alpha value is -4.37. The molecule has 1 aromatic heterocycles. The molecule has 0 radical (unpaired) electrons. The highest BCUT2D eigenvalue weighted by Gasteiger charge is 2.30. The van der Waals surface area contributed by atoms with E-state index in [-0.39, 0.29) is 19.1 Å². The number of hydrogen-bond donors (Lipinski definition) is 1. The van der Waals surface area contributed by atoms with Crippen LogP contribution in [0.25, 0.3) is 5.69 Å². The first-order chi connectivity index (χ1) is 18.5. The van der Waals surface area contributed by atoms with Gasteiger partial charge in [-0.05, 0) is 55.0 Å². The molecule has 1 N–H and O–H groups in total. The molecule has 0 bridgehead atoms. The van der Waals surface area contributed by atoms with Gasteiger partial charge in [0.25, 0.3) is 0 Å². The number of methoxy groups -OCH3 is 1. The minimum absolute atomic E-state index is 0.0882. The van der Waals surface area contributed by atoms with Gasteiger partial charge in [0, 0.05) is 22.7 Å². The summed E-state index contributed by atoms with van der Waals surface area (Å²) < 4.78 is 18.3. The number of nitrogens with zero attached hydrogens (tertiary/aromatic N) is 4.